The molecule has 0 spiro atoms. The van der Waals surface area contributed by atoms with Gasteiger partial charge in [-0.15, -0.1) is 0 Å². The van der Waals surface area contributed by atoms with Gasteiger partial charge in [0.05, 0.1) is 15.5 Å². The van der Waals surface area contributed by atoms with E-state index in [1.54, 1.807) is 41.8 Å². The van der Waals surface area contributed by atoms with Gasteiger partial charge in [0, 0.05) is 54.8 Å². The number of aromatic nitrogens is 1. The number of anilines is 1. The van der Waals surface area contributed by atoms with Crippen LogP contribution in [0, 0.1) is 10.1 Å². The van der Waals surface area contributed by atoms with Crippen molar-refractivity contribution < 1.29 is 14.1 Å². The highest BCUT2D eigenvalue weighted by molar-refractivity contribution is 7.07. The molecular formula is C28H24N4O5S. The third-order valence-electron chi connectivity index (χ3n) is 6.37. The van der Waals surface area contributed by atoms with Crippen molar-refractivity contribution in [2.45, 2.75) is 19.9 Å². The van der Waals surface area contributed by atoms with Crippen molar-refractivity contribution >= 4 is 34.6 Å². The van der Waals surface area contributed by atoms with E-state index in [1.165, 1.54) is 30.4 Å². The van der Waals surface area contributed by atoms with Crippen LogP contribution in [0.15, 0.2) is 86.1 Å². The number of rotatable bonds is 6. The number of carbonyl (C=O) groups is 1. The molecule has 10 heteroatoms. The third kappa shape index (κ3) is 4.50. The van der Waals surface area contributed by atoms with Gasteiger partial charge in [0.15, 0.2) is 10.6 Å². The number of furan rings is 1. The first-order valence-electron chi connectivity index (χ1n) is 11.8. The van der Waals surface area contributed by atoms with Crippen molar-refractivity contribution in [3.8, 4) is 11.3 Å². The number of hydrogen-bond acceptors (Lipinski definition) is 8. The summed E-state index contributed by atoms with van der Waals surface area (Å²) >= 11 is 1.22. The van der Waals surface area contributed by atoms with Gasteiger partial charge in [-0.25, -0.2) is 4.99 Å². The minimum Gasteiger partial charge on any atom is -0.457 e. The summed E-state index contributed by atoms with van der Waals surface area (Å²) in [5, 5.41) is 11.1. The number of nitro benzene ring substituents is 1. The Morgan fingerprint density at radius 1 is 1.16 bits per heavy atom. The average Bonchev–Trinajstić information content (AvgIpc) is 3.47. The maximum absolute atomic E-state index is 13.7. The van der Waals surface area contributed by atoms with Gasteiger partial charge in [-0.3, -0.25) is 24.3 Å². The summed E-state index contributed by atoms with van der Waals surface area (Å²) < 4.78 is 7.87. The van der Waals surface area contributed by atoms with E-state index in [-0.39, 0.29) is 17.0 Å². The topological polar surface area (TPSA) is 111 Å². The fourth-order valence-electron chi connectivity index (χ4n) is 4.53. The number of thiazole rings is 1. The SMILES string of the molecule is CC(=O)C1=C(C)N=c2s/c(=C/c3ccc(-c4cccc([N+](=O)[O-])c4)o3)c(=O)n2[C@H]1c1ccc(N(C)C)cc1. The zero-order valence-corrected chi connectivity index (χ0v) is 22.0. The fraction of sp³-hybridized carbons (Fsp3) is 0.179. The predicted molar refractivity (Wildman–Crippen MR) is 146 cm³/mol. The van der Waals surface area contributed by atoms with E-state index < -0.39 is 11.0 Å². The molecule has 38 heavy (non-hydrogen) atoms. The summed E-state index contributed by atoms with van der Waals surface area (Å²) in [6, 6.07) is 16.7. The molecule has 0 saturated heterocycles. The van der Waals surface area contributed by atoms with E-state index in [0.29, 0.717) is 37.7 Å². The number of non-ortho nitro benzene ring substituents is 1. The molecule has 0 unspecified atom stereocenters. The number of nitrogens with zero attached hydrogens (tertiary/aromatic N) is 4. The summed E-state index contributed by atoms with van der Waals surface area (Å²) in [7, 11) is 3.89. The second kappa shape index (κ2) is 9.71. The van der Waals surface area contributed by atoms with Gasteiger partial charge in [-0.05, 0) is 43.7 Å². The van der Waals surface area contributed by atoms with Gasteiger partial charge in [0.2, 0.25) is 0 Å². The monoisotopic (exact) mass is 528 g/mol. The van der Waals surface area contributed by atoms with Crippen molar-refractivity contribution in [1.29, 1.82) is 0 Å². The minimum atomic E-state index is -0.598. The van der Waals surface area contributed by atoms with Gasteiger partial charge >= 0.3 is 0 Å². The molecule has 3 heterocycles. The first-order valence-corrected chi connectivity index (χ1v) is 12.6. The number of carbonyl (C=O) groups excluding carboxylic acids is 1. The van der Waals surface area contributed by atoms with Gasteiger partial charge in [0.1, 0.15) is 11.5 Å². The first-order chi connectivity index (χ1) is 18.1. The zero-order valence-electron chi connectivity index (χ0n) is 21.2. The number of benzene rings is 2. The molecule has 0 aliphatic carbocycles. The van der Waals surface area contributed by atoms with Crippen LogP contribution in [0.25, 0.3) is 17.4 Å². The van der Waals surface area contributed by atoms with Crippen LogP contribution in [0.1, 0.15) is 31.2 Å². The molecule has 1 atom stereocenters. The normalized spacial score (nSPS) is 15.3. The van der Waals surface area contributed by atoms with Gasteiger partial charge in [-0.2, -0.15) is 0 Å². The maximum Gasteiger partial charge on any atom is 0.271 e. The number of nitro groups is 1. The van der Waals surface area contributed by atoms with E-state index in [1.807, 2.05) is 43.3 Å². The molecule has 0 fully saturated rings. The van der Waals surface area contributed by atoms with E-state index in [0.717, 1.165) is 11.3 Å². The maximum atomic E-state index is 13.7. The van der Waals surface area contributed by atoms with Crippen molar-refractivity contribution in [2.24, 2.45) is 4.99 Å². The lowest BCUT2D eigenvalue weighted by atomic mass is 9.93. The summed E-state index contributed by atoms with van der Waals surface area (Å²) in [4.78, 5) is 44.1. The number of Topliss-reactive ketones (excluding diaryl/α,β-unsaturated/α-hetero) is 1. The molecule has 1 aliphatic rings. The Bertz CT molecular complexity index is 1790. The van der Waals surface area contributed by atoms with Gasteiger partial charge in [0.25, 0.3) is 11.2 Å². The molecule has 2 aromatic heterocycles. The Balaban J connectivity index is 1.60. The van der Waals surface area contributed by atoms with Crippen LogP contribution < -0.4 is 19.8 Å². The summed E-state index contributed by atoms with van der Waals surface area (Å²) in [5.74, 6) is 0.724. The van der Waals surface area contributed by atoms with Crippen LogP contribution >= 0.6 is 11.3 Å². The zero-order chi connectivity index (χ0) is 27.1. The Morgan fingerprint density at radius 2 is 1.89 bits per heavy atom. The van der Waals surface area contributed by atoms with E-state index >= 15 is 0 Å². The minimum absolute atomic E-state index is 0.0379. The lowest BCUT2D eigenvalue weighted by Crippen LogP contribution is -2.39. The first kappa shape index (κ1) is 25.1. The molecule has 0 bridgehead atoms. The van der Waals surface area contributed by atoms with Crippen molar-refractivity contribution in [3.63, 3.8) is 0 Å². The molecule has 2 aromatic carbocycles. The quantitative estimate of drug-likeness (QED) is 0.276. The molecule has 192 valence electrons. The Morgan fingerprint density at radius 3 is 2.55 bits per heavy atom. The van der Waals surface area contributed by atoms with E-state index in [4.69, 9.17) is 4.42 Å². The number of allylic oxidation sites excluding steroid dienone is 2. The van der Waals surface area contributed by atoms with Crippen molar-refractivity contribution in [2.75, 3.05) is 19.0 Å². The Labute approximate surface area is 221 Å². The standard InChI is InChI=1S/C28H24N4O5S/c1-16-25(17(2)33)26(18-8-10-20(11-9-18)30(3)4)31-27(34)24(38-28(31)29-16)15-22-12-13-23(37-22)19-6-5-7-21(14-19)32(35)36/h5-15,26H,1-4H3/b24-15+/t26-/m0/s1. The lowest BCUT2D eigenvalue weighted by Gasteiger charge is -2.25. The molecule has 9 nitrogen and oxygen atoms in total. The van der Waals surface area contributed by atoms with Crippen LogP contribution in [-0.4, -0.2) is 29.4 Å². The molecular weight excluding hydrogens is 504 g/mol. The number of hydrogen-bond donors (Lipinski definition) is 0. The number of fused-ring (bicyclic) bond motifs is 1. The van der Waals surface area contributed by atoms with Crippen LogP contribution in [-0.2, 0) is 4.79 Å². The predicted octanol–water partition coefficient (Wildman–Crippen LogP) is 4.06. The molecule has 0 saturated carbocycles. The second-order valence-corrected chi connectivity index (χ2v) is 10.1. The van der Waals surface area contributed by atoms with Crippen LogP contribution in [0.3, 0.4) is 0 Å². The largest absolute Gasteiger partial charge is 0.457 e. The van der Waals surface area contributed by atoms with Crippen LogP contribution in [0.2, 0.25) is 0 Å². The highest BCUT2D eigenvalue weighted by atomic mass is 32.1. The van der Waals surface area contributed by atoms with Gasteiger partial charge in [-0.1, -0.05) is 35.6 Å². The Hall–Kier alpha value is -4.57. The molecule has 0 amide bonds. The van der Waals surface area contributed by atoms with Crippen LogP contribution in [0.4, 0.5) is 11.4 Å². The molecule has 0 N–H and O–H groups in total. The van der Waals surface area contributed by atoms with Gasteiger partial charge < -0.3 is 9.32 Å². The van der Waals surface area contributed by atoms with E-state index in [9.17, 15) is 19.7 Å². The molecule has 4 aromatic rings. The van der Waals surface area contributed by atoms with Crippen LogP contribution in [0.5, 0.6) is 0 Å². The average molecular weight is 529 g/mol. The second-order valence-electron chi connectivity index (χ2n) is 9.13. The number of ketones is 1. The summed E-state index contributed by atoms with van der Waals surface area (Å²) in [6.45, 7) is 3.27. The summed E-state index contributed by atoms with van der Waals surface area (Å²) in [5.41, 5.74) is 3.12. The van der Waals surface area contributed by atoms with Crippen molar-refractivity contribution in [1.82, 2.24) is 4.57 Å². The Kier molecular flexibility index (Phi) is 6.41. The smallest absolute Gasteiger partial charge is 0.271 e. The third-order valence-corrected chi connectivity index (χ3v) is 7.35. The highest BCUT2D eigenvalue weighted by Gasteiger charge is 2.30. The molecule has 5 rings (SSSR count). The van der Waals surface area contributed by atoms with E-state index in [2.05, 4.69) is 4.99 Å². The fourth-order valence-corrected chi connectivity index (χ4v) is 5.55. The highest BCUT2D eigenvalue weighted by Crippen LogP contribution is 2.31. The lowest BCUT2D eigenvalue weighted by molar-refractivity contribution is -0.384. The summed E-state index contributed by atoms with van der Waals surface area (Å²) in [6.07, 6.45) is 1.63. The van der Waals surface area contributed by atoms with Crippen molar-refractivity contribution in [3.05, 3.63) is 113 Å². The molecule has 0 radical (unpaired) electrons. The molecule has 1 aliphatic heterocycles.